The first-order valence-corrected chi connectivity index (χ1v) is 9.56. The van der Waals surface area contributed by atoms with Gasteiger partial charge in [0.05, 0.1) is 0 Å². The highest BCUT2D eigenvalue weighted by Gasteiger charge is 2.24. The Labute approximate surface area is 170 Å². The fraction of sp³-hybridized carbons (Fsp3) is 0.208. The fourth-order valence-corrected chi connectivity index (χ4v) is 3.44. The molecule has 1 heterocycles. The van der Waals surface area contributed by atoms with Gasteiger partial charge in [-0.3, -0.25) is 9.59 Å². The maximum Gasteiger partial charge on any atom is 0.328 e. The largest absolute Gasteiger partial charge is 0.478 e. The van der Waals surface area contributed by atoms with Gasteiger partial charge in [-0.1, -0.05) is 37.3 Å². The van der Waals surface area contributed by atoms with Crippen LogP contribution in [0.5, 0.6) is 0 Å². The van der Waals surface area contributed by atoms with Crippen molar-refractivity contribution in [2.24, 2.45) is 0 Å². The molecular weight excluding hydrogens is 366 g/mol. The minimum absolute atomic E-state index is 0.0740. The molecule has 148 valence electrons. The van der Waals surface area contributed by atoms with Gasteiger partial charge in [-0.25, -0.2) is 4.79 Å². The topological polar surface area (TPSA) is 74.7 Å². The van der Waals surface area contributed by atoms with Gasteiger partial charge in [0.25, 0.3) is 0 Å². The number of hydrogen-bond donors (Lipinski definition) is 1. The Morgan fingerprint density at radius 2 is 1.86 bits per heavy atom. The molecule has 0 unspecified atom stereocenters. The molecule has 5 nitrogen and oxygen atoms in total. The summed E-state index contributed by atoms with van der Waals surface area (Å²) in [6, 6.07) is 12.6. The number of anilines is 1. The molecule has 2 aromatic rings. The summed E-state index contributed by atoms with van der Waals surface area (Å²) in [6.07, 6.45) is 5.86. The van der Waals surface area contributed by atoms with Gasteiger partial charge >= 0.3 is 5.97 Å². The number of aliphatic carboxylic acids is 1. The van der Waals surface area contributed by atoms with Gasteiger partial charge < -0.3 is 10.0 Å². The van der Waals surface area contributed by atoms with Crippen molar-refractivity contribution in [1.29, 1.82) is 0 Å². The molecule has 0 saturated heterocycles. The number of nitrogens with zero attached hydrogens (tertiary/aromatic N) is 1. The van der Waals surface area contributed by atoms with Crippen LogP contribution >= 0.6 is 0 Å². The van der Waals surface area contributed by atoms with Gasteiger partial charge in [0.15, 0.2) is 11.6 Å². The van der Waals surface area contributed by atoms with Crippen molar-refractivity contribution in [2.45, 2.75) is 26.7 Å². The summed E-state index contributed by atoms with van der Waals surface area (Å²) < 4.78 is 0. The monoisotopic (exact) mass is 389 g/mol. The van der Waals surface area contributed by atoms with Crippen molar-refractivity contribution in [3.63, 3.8) is 0 Å². The number of allylic oxidation sites excluding steroid dienone is 2. The van der Waals surface area contributed by atoms with Gasteiger partial charge in [0, 0.05) is 47.6 Å². The predicted octanol–water partition coefficient (Wildman–Crippen LogP) is 4.53. The summed E-state index contributed by atoms with van der Waals surface area (Å²) in [6.45, 7) is 4.31. The van der Waals surface area contributed by atoms with Crippen molar-refractivity contribution in [1.82, 2.24) is 0 Å². The number of carbonyl (C=O) groups excluding carboxylic acids is 2. The van der Waals surface area contributed by atoms with Gasteiger partial charge in [-0.15, -0.1) is 0 Å². The zero-order chi connectivity index (χ0) is 21.0. The number of carboxylic acids is 1. The van der Waals surface area contributed by atoms with Crippen LogP contribution in [0.1, 0.15) is 52.1 Å². The Balaban J connectivity index is 1.92. The molecule has 2 aromatic carbocycles. The molecule has 1 N–H and O–H groups in total. The number of ketones is 2. The number of benzene rings is 2. The van der Waals surface area contributed by atoms with Crippen LogP contribution in [0.2, 0.25) is 0 Å². The van der Waals surface area contributed by atoms with E-state index in [1.165, 1.54) is 6.92 Å². The number of carboxylic acid groups (broad SMARTS) is 1. The molecule has 3 rings (SSSR count). The number of fused-ring (bicyclic) bond motifs is 1. The molecule has 0 bridgehead atoms. The molecule has 0 aliphatic carbocycles. The average molecular weight is 389 g/mol. The maximum absolute atomic E-state index is 12.8. The summed E-state index contributed by atoms with van der Waals surface area (Å²) in [7, 11) is 0. The van der Waals surface area contributed by atoms with Crippen LogP contribution in [0.3, 0.4) is 0 Å². The van der Waals surface area contributed by atoms with Crippen LogP contribution in [0.4, 0.5) is 5.69 Å². The first kappa shape index (κ1) is 20.3. The van der Waals surface area contributed by atoms with Gasteiger partial charge in [-0.05, 0) is 42.7 Å². The quantitative estimate of drug-likeness (QED) is 0.556. The van der Waals surface area contributed by atoms with E-state index in [4.69, 9.17) is 5.11 Å². The fourth-order valence-electron chi connectivity index (χ4n) is 3.44. The summed E-state index contributed by atoms with van der Waals surface area (Å²) in [5.41, 5.74) is 4.80. The Morgan fingerprint density at radius 1 is 1.10 bits per heavy atom. The predicted molar refractivity (Wildman–Crippen MR) is 113 cm³/mol. The van der Waals surface area contributed by atoms with Gasteiger partial charge in [0.2, 0.25) is 0 Å². The maximum atomic E-state index is 12.8. The minimum Gasteiger partial charge on any atom is -0.478 e. The third-order valence-corrected chi connectivity index (χ3v) is 4.84. The molecule has 0 amide bonds. The highest BCUT2D eigenvalue weighted by molar-refractivity contribution is 6.07. The molecule has 5 heteroatoms. The number of Topliss-reactive ketones (excluding diaryl/α,β-unsaturated/α-hetero) is 1. The van der Waals surface area contributed by atoms with E-state index in [0.717, 1.165) is 41.6 Å². The van der Waals surface area contributed by atoms with E-state index in [2.05, 4.69) is 11.8 Å². The van der Waals surface area contributed by atoms with E-state index in [1.54, 1.807) is 36.4 Å². The lowest BCUT2D eigenvalue weighted by molar-refractivity contribution is -0.131. The summed E-state index contributed by atoms with van der Waals surface area (Å²) in [5, 5.41) is 8.84. The van der Waals surface area contributed by atoms with Crippen molar-refractivity contribution in [3.05, 3.63) is 82.6 Å². The molecule has 0 saturated carbocycles. The van der Waals surface area contributed by atoms with Crippen molar-refractivity contribution >= 4 is 29.3 Å². The second kappa shape index (κ2) is 8.69. The summed E-state index contributed by atoms with van der Waals surface area (Å²) in [5.74, 6) is -1.20. The minimum atomic E-state index is -0.991. The van der Waals surface area contributed by atoms with E-state index in [-0.39, 0.29) is 11.6 Å². The number of hydrogen-bond acceptors (Lipinski definition) is 4. The molecule has 0 fully saturated rings. The van der Waals surface area contributed by atoms with Crippen LogP contribution < -0.4 is 4.90 Å². The van der Waals surface area contributed by atoms with Gasteiger partial charge in [0.1, 0.15) is 0 Å². The first-order chi connectivity index (χ1) is 13.9. The van der Waals surface area contributed by atoms with E-state index < -0.39 is 5.97 Å². The zero-order valence-corrected chi connectivity index (χ0v) is 16.5. The molecule has 0 aromatic heterocycles. The summed E-state index contributed by atoms with van der Waals surface area (Å²) in [4.78, 5) is 37.3. The van der Waals surface area contributed by atoms with Crippen LogP contribution in [0.15, 0.2) is 60.3 Å². The Kier molecular flexibility index (Phi) is 6.07. The molecular formula is C24H23NO4. The summed E-state index contributed by atoms with van der Waals surface area (Å²) >= 11 is 0. The molecule has 0 atom stereocenters. The van der Waals surface area contributed by atoms with Crippen LogP contribution in [-0.2, 0) is 11.2 Å². The molecule has 0 spiro atoms. The van der Waals surface area contributed by atoms with Crippen LogP contribution in [0.25, 0.3) is 6.08 Å². The van der Waals surface area contributed by atoms with E-state index in [1.807, 2.05) is 18.2 Å². The Morgan fingerprint density at radius 3 is 2.55 bits per heavy atom. The standard InChI is InChI=1S/C24H23NO4/c1-3-11-25-21(15-23(27)20-6-4-5-18(13-20)16(2)26)14-19-9-7-17(12-22(19)25)8-10-24(28)29/h4-10,12-13,15H,3,11,14H2,1-2H3,(H,28,29)/b10-8+,21-15+. The smallest absolute Gasteiger partial charge is 0.328 e. The second-order valence-corrected chi connectivity index (χ2v) is 7.03. The second-order valence-electron chi connectivity index (χ2n) is 7.03. The average Bonchev–Trinajstić information content (AvgIpc) is 3.03. The number of rotatable bonds is 7. The third kappa shape index (κ3) is 4.69. The van der Waals surface area contributed by atoms with Crippen LogP contribution in [-0.4, -0.2) is 29.2 Å². The lowest BCUT2D eigenvalue weighted by Gasteiger charge is -2.21. The zero-order valence-electron chi connectivity index (χ0n) is 16.5. The molecule has 0 radical (unpaired) electrons. The van der Waals surface area contributed by atoms with E-state index in [0.29, 0.717) is 17.5 Å². The normalized spacial score (nSPS) is 14.4. The van der Waals surface area contributed by atoms with Crippen molar-refractivity contribution in [3.8, 4) is 0 Å². The van der Waals surface area contributed by atoms with Crippen molar-refractivity contribution in [2.75, 3.05) is 11.4 Å². The third-order valence-electron chi connectivity index (χ3n) is 4.84. The Bertz CT molecular complexity index is 1030. The van der Waals surface area contributed by atoms with Crippen LogP contribution in [0, 0.1) is 0 Å². The lowest BCUT2D eigenvalue weighted by Crippen LogP contribution is -2.20. The number of carbonyl (C=O) groups is 3. The molecule has 1 aliphatic heterocycles. The van der Waals surface area contributed by atoms with Gasteiger partial charge in [-0.2, -0.15) is 0 Å². The Hall–Kier alpha value is -3.47. The lowest BCUT2D eigenvalue weighted by atomic mass is 10.0. The molecule has 1 aliphatic rings. The molecule has 29 heavy (non-hydrogen) atoms. The highest BCUT2D eigenvalue weighted by Crippen LogP contribution is 2.36. The SMILES string of the molecule is CCCN1/C(=C/C(=O)c2cccc(C(C)=O)c2)Cc2ccc(/C=C/C(=O)O)cc21. The highest BCUT2D eigenvalue weighted by atomic mass is 16.4. The first-order valence-electron chi connectivity index (χ1n) is 9.56. The van der Waals surface area contributed by atoms with Crippen molar-refractivity contribution < 1.29 is 19.5 Å². The van der Waals surface area contributed by atoms with E-state index in [9.17, 15) is 14.4 Å². The van der Waals surface area contributed by atoms with E-state index >= 15 is 0 Å².